The molecule has 0 aromatic heterocycles. The Balaban J connectivity index is 2.99. The minimum Gasteiger partial charge on any atom is -0.393 e. The molecular formula is C14H19BrN2OS. The van der Waals surface area contributed by atoms with E-state index >= 15 is 0 Å². The van der Waals surface area contributed by atoms with Gasteiger partial charge in [0.1, 0.15) is 0 Å². The highest BCUT2D eigenvalue weighted by molar-refractivity contribution is 9.10. The van der Waals surface area contributed by atoms with E-state index in [1.54, 1.807) is 4.90 Å². The predicted molar refractivity (Wildman–Crippen MR) is 86.5 cm³/mol. The van der Waals surface area contributed by atoms with E-state index in [0.29, 0.717) is 23.5 Å². The van der Waals surface area contributed by atoms with Crippen LogP contribution in [0.3, 0.4) is 0 Å². The van der Waals surface area contributed by atoms with E-state index < -0.39 is 0 Å². The number of nitrogens with zero attached hydrogens (tertiary/aromatic N) is 1. The van der Waals surface area contributed by atoms with Crippen LogP contribution in [-0.4, -0.2) is 28.4 Å². The van der Waals surface area contributed by atoms with Crippen LogP contribution in [0.5, 0.6) is 0 Å². The summed E-state index contributed by atoms with van der Waals surface area (Å²) >= 11 is 8.31. The summed E-state index contributed by atoms with van der Waals surface area (Å²) in [5.41, 5.74) is 7.26. The molecule has 0 spiro atoms. The first-order valence-electron chi connectivity index (χ1n) is 6.18. The van der Waals surface area contributed by atoms with Gasteiger partial charge in [0, 0.05) is 23.5 Å². The minimum atomic E-state index is 0.00169. The summed E-state index contributed by atoms with van der Waals surface area (Å²) in [4.78, 5) is 14.8. The van der Waals surface area contributed by atoms with Crippen LogP contribution in [0.15, 0.2) is 22.7 Å². The maximum absolute atomic E-state index is 12.6. The molecule has 1 aromatic rings. The minimum absolute atomic E-state index is 0.00169. The molecule has 0 bridgehead atoms. The predicted octanol–water partition coefficient (Wildman–Crippen LogP) is 3.28. The Morgan fingerprint density at radius 2 is 2.11 bits per heavy atom. The van der Waals surface area contributed by atoms with Gasteiger partial charge >= 0.3 is 0 Å². The lowest BCUT2D eigenvalue weighted by molar-refractivity contribution is 0.0710. The van der Waals surface area contributed by atoms with Crippen LogP contribution in [0.1, 0.15) is 36.2 Å². The van der Waals surface area contributed by atoms with Crippen molar-refractivity contribution in [2.75, 3.05) is 6.54 Å². The molecule has 3 nitrogen and oxygen atoms in total. The maximum atomic E-state index is 12.6. The van der Waals surface area contributed by atoms with E-state index in [-0.39, 0.29) is 11.9 Å². The standard InChI is InChI=1S/C14H19BrN2OS/c1-9(2)17(7-6-13(16)19)14(18)11-8-10(3)4-5-12(11)15/h4-5,8-9H,6-7H2,1-3H3,(H2,16,19). The molecular weight excluding hydrogens is 324 g/mol. The first kappa shape index (κ1) is 16.1. The van der Waals surface area contributed by atoms with Crippen molar-refractivity contribution in [3.63, 3.8) is 0 Å². The Bertz CT molecular complexity index is 488. The van der Waals surface area contributed by atoms with Gasteiger partial charge in [-0.05, 0) is 48.8 Å². The lowest BCUT2D eigenvalue weighted by Gasteiger charge is -2.27. The Kier molecular flexibility index (Phi) is 5.94. The zero-order valence-electron chi connectivity index (χ0n) is 11.4. The Morgan fingerprint density at radius 3 is 2.63 bits per heavy atom. The van der Waals surface area contributed by atoms with Gasteiger partial charge in [-0.15, -0.1) is 0 Å². The van der Waals surface area contributed by atoms with Crippen molar-refractivity contribution in [1.29, 1.82) is 0 Å². The van der Waals surface area contributed by atoms with Gasteiger partial charge in [-0.25, -0.2) is 0 Å². The van der Waals surface area contributed by atoms with E-state index in [9.17, 15) is 4.79 Å². The fourth-order valence-electron chi connectivity index (χ4n) is 1.78. The van der Waals surface area contributed by atoms with Crippen molar-refractivity contribution in [2.24, 2.45) is 5.73 Å². The summed E-state index contributed by atoms with van der Waals surface area (Å²) in [5, 5.41) is 0. The monoisotopic (exact) mass is 342 g/mol. The summed E-state index contributed by atoms with van der Waals surface area (Å²) in [6.07, 6.45) is 0.544. The van der Waals surface area contributed by atoms with E-state index in [2.05, 4.69) is 15.9 Å². The fraction of sp³-hybridized carbons (Fsp3) is 0.429. The highest BCUT2D eigenvalue weighted by atomic mass is 79.9. The Morgan fingerprint density at radius 1 is 1.47 bits per heavy atom. The summed E-state index contributed by atoms with van der Waals surface area (Å²) < 4.78 is 0.809. The van der Waals surface area contributed by atoms with E-state index in [0.717, 1.165) is 10.0 Å². The molecule has 0 aliphatic heterocycles. The number of hydrogen-bond donors (Lipinski definition) is 1. The number of aryl methyl sites for hydroxylation is 1. The van der Waals surface area contributed by atoms with Gasteiger partial charge < -0.3 is 10.6 Å². The van der Waals surface area contributed by atoms with Crippen LogP contribution in [0.2, 0.25) is 0 Å². The highest BCUT2D eigenvalue weighted by Gasteiger charge is 2.20. The van der Waals surface area contributed by atoms with Crippen molar-refractivity contribution >= 4 is 39.0 Å². The smallest absolute Gasteiger partial charge is 0.255 e. The molecule has 0 aliphatic carbocycles. The molecule has 1 aromatic carbocycles. The van der Waals surface area contributed by atoms with E-state index in [4.69, 9.17) is 18.0 Å². The average molecular weight is 343 g/mol. The Labute approximate surface area is 128 Å². The molecule has 19 heavy (non-hydrogen) atoms. The summed E-state index contributed by atoms with van der Waals surface area (Å²) in [7, 11) is 0. The second-order valence-corrected chi connectivity index (χ2v) is 6.17. The third kappa shape index (κ3) is 4.58. The van der Waals surface area contributed by atoms with Gasteiger partial charge in [0.25, 0.3) is 5.91 Å². The van der Waals surface area contributed by atoms with Crippen LogP contribution >= 0.6 is 28.1 Å². The molecule has 0 unspecified atom stereocenters. The van der Waals surface area contributed by atoms with Crippen LogP contribution in [0.4, 0.5) is 0 Å². The summed E-state index contributed by atoms with van der Waals surface area (Å²) in [6, 6.07) is 5.86. The molecule has 0 aliphatic rings. The van der Waals surface area contributed by atoms with Crippen molar-refractivity contribution in [3.8, 4) is 0 Å². The number of amides is 1. The summed E-state index contributed by atoms with van der Waals surface area (Å²) in [5.74, 6) is 0.00169. The number of nitrogens with two attached hydrogens (primary N) is 1. The number of thiocarbonyl (C=S) groups is 1. The quantitative estimate of drug-likeness (QED) is 0.835. The average Bonchev–Trinajstić information content (AvgIpc) is 2.31. The van der Waals surface area contributed by atoms with Gasteiger partial charge in [-0.1, -0.05) is 23.8 Å². The van der Waals surface area contributed by atoms with Gasteiger partial charge in [-0.3, -0.25) is 4.79 Å². The molecule has 104 valence electrons. The van der Waals surface area contributed by atoms with Gasteiger partial charge in [0.15, 0.2) is 0 Å². The van der Waals surface area contributed by atoms with E-state index in [1.807, 2.05) is 39.0 Å². The number of carbonyl (C=O) groups is 1. The number of hydrogen-bond acceptors (Lipinski definition) is 2. The van der Waals surface area contributed by atoms with Gasteiger partial charge in [0.2, 0.25) is 0 Å². The van der Waals surface area contributed by atoms with Crippen molar-refractivity contribution < 1.29 is 4.79 Å². The number of rotatable bonds is 5. The van der Waals surface area contributed by atoms with Gasteiger partial charge in [-0.2, -0.15) is 0 Å². The molecule has 0 fully saturated rings. The molecule has 5 heteroatoms. The first-order valence-corrected chi connectivity index (χ1v) is 7.38. The third-order valence-electron chi connectivity index (χ3n) is 2.84. The topological polar surface area (TPSA) is 46.3 Å². The maximum Gasteiger partial charge on any atom is 0.255 e. The molecule has 2 N–H and O–H groups in total. The highest BCUT2D eigenvalue weighted by Crippen LogP contribution is 2.21. The van der Waals surface area contributed by atoms with Crippen LogP contribution in [0.25, 0.3) is 0 Å². The second kappa shape index (κ2) is 7.01. The van der Waals surface area contributed by atoms with Crippen molar-refractivity contribution in [3.05, 3.63) is 33.8 Å². The normalized spacial score (nSPS) is 10.6. The number of halogens is 1. The molecule has 0 heterocycles. The molecule has 1 amide bonds. The molecule has 0 saturated heterocycles. The second-order valence-electron chi connectivity index (χ2n) is 4.79. The Hall–Kier alpha value is -0.940. The zero-order chi connectivity index (χ0) is 14.6. The van der Waals surface area contributed by atoms with Crippen molar-refractivity contribution in [1.82, 2.24) is 4.90 Å². The van der Waals surface area contributed by atoms with Crippen LogP contribution in [0, 0.1) is 6.92 Å². The molecule has 0 atom stereocenters. The molecule has 0 saturated carbocycles. The number of benzene rings is 1. The number of carbonyl (C=O) groups excluding carboxylic acids is 1. The summed E-state index contributed by atoms with van der Waals surface area (Å²) in [6.45, 7) is 6.49. The first-order chi connectivity index (χ1) is 8.82. The van der Waals surface area contributed by atoms with Crippen LogP contribution < -0.4 is 5.73 Å². The van der Waals surface area contributed by atoms with Crippen LogP contribution in [-0.2, 0) is 0 Å². The molecule has 1 rings (SSSR count). The lowest BCUT2D eigenvalue weighted by Crippen LogP contribution is -2.39. The van der Waals surface area contributed by atoms with E-state index in [1.165, 1.54) is 0 Å². The van der Waals surface area contributed by atoms with Crippen molar-refractivity contribution in [2.45, 2.75) is 33.2 Å². The molecule has 0 radical (unpaired) electrons. The lowest BCUT2D eigenvalue weighted by atomic mass is 10.1. The third-order valence-corrected chi connectivity index (χ3v) is 3.73. The largest absolute Gasteiger partial charge is 0.393 e. The SMILES string of the molecule is Cc1ccc(Br)c(C(=O)N(CCC(N)=S)C(C)C)c1. The fourth-order valence-corrected chi connectivity index (χ4v) is 2.29. The zero-order valence-corrected chi connectivity index (χ0v) is 13.8. The van der Waals surface area contributed by atoms with Gasteiger partial charge in [0.05, 0.1) is 10.6 Å².